The average molecular weight is 366 g/mol. The predicted octanol–water partition coefficient (Wildman–Crippen LogP) is 2.55. The van der Waals surface area contributed by atoms with E-state index in [9.17, 15) is 14.7 Å². The fraction of sp³-hybridized carbons (Fsp3) is 0.647. The van der Waals surface area contributed by atoms with Gasteiger partial charge >= 0.3 is 0 Å². The third-order valence-electron chi connectivity index (χ3n) is 4.70. The lowest BCUT2D eigenvalue weighted by atomic mass is 9.89. The first-order chi connectivity index (χ1) is 11.9. The maximum absolute atomic E-state index is 12.6. The Kier molecular flexibility index (Phi) is 6.52. The second kappa shape index (κ2) is 8.42. The second-order valence-corrected chi connectivity index (χ2v) is 6.65. The van der Waals surface area contributed by atoms with Crippen LogP contribution in [0.4, 0.5) is 0 Å². The number of aromatic hydroxyl groups is 1. The molecule has 0 aliphatic heterocycles. The molecule has 1 aliphatic carbocycles. The number of nitrogens with zero attached hydrogens (tertiary/aromatic N) is 3. The molecular formula is C17H26N4O3S. The van der Waals surface area contributed by atoms with Crippen molar-refractivity contribution in [3.63, 3.8) is 0 Å². The molecule has 7 nitrogen and oxygen atoms in total. The molecule has 25 heavy (non-hydrogen) atoms. The minimum atomic E-state index is -0.400. The van der Waals surface area contributed by atoms with Crippen LogP contribution in [0.25, 0.3) is 0 Å². The van der Waals surface area contributed by atoms with Crippen molar-refractivity contribution < 1.29 is 9.90 Å². The Morgan fingerprint density at radius 3 is 2.40 bits per heavy atom. The van der Waals surface area contributed by atoms with Gasteiger partial charge in [-0.05, 0) is 45.8 Å². The zero-order valence-corrected chi connectivity index (χ0v) is 15.9. The highest BCUT2D eigenvalue weighted by atomic mass is 32.1. The van der Waals surface area contributed by atoms with Gasteiger partial charge in [-0.3, -0.25) is 18.7 Å². The number of nitrogens with one attached hydrogen (secondary N) is 1. The molecule has 138 valence electrons. The summed E-state index contributed by atoms with van der Waals surface area (Å²) >= 11 is 5.26. The van der Waals surface area contributed by atoms with E-state index in [2.05, 4.69) is 10.5 Å². The van der Waals surface area contributed by atoms with Crippen LogP contribution in [0.2, 0.25) is 0 Å². The highest BCUT2D eigenvalue weighted by molar-refractivity contribution is 7.71. The normalized spacial score (nSPS) is 16.0. The van der Waals surface area contributed by atoms with Gasteiger partial charge in [0.05, 0.1) is 5.71 Å². The average Bonchev–Trinajstić information content (AvgIpc) is 2.61. The van der Waals surface area contributed by atoms with Crippen molar-refractivity contribution in [2.24, 2.45) is 11.0 Å². The van der Waals surface area contributed by atoms with Crippen LogP contribution in [-0.2, 0) is 17.9 Å². The van der Waals surface area contributed by atoms with Gasteiger partial charge in [0, 0.05) is 19.0 Å². The van der Waals surface area contributed by atoms with E-state index >= 15 is 0 Å². The molecule has 0 atom stereocenters. The fourth-order valence-corrected chi connectivity index (χ4v) is 3.65. The van der Waals surface area contributed by atoms with E-state index in [4.69, 9.17) is 12.2 Å². The first kappa shape index (κ1) is 19.4. The smallest absolute Gasteiger partial charge is 0.267 e. The summed E-state index contributed by atoms with van der Waals surface area (Å²) in [4.78, 5) is 24.8. The molecule has 0 saturated heterocycles. The third-order valence-corrected chi connectivity index (χ3v) is 5.14. The van der Waals surface area contributed by atoms with E-state index in [-0.39, 0.29) is 33.8 Å². The number of carbonyl (C=O) groups excluding carboxylic acids is 1. The molecule has 0 bridgehead atoms. The second-order valence-electron chi connectivity index (χ2n) is 6.28. The molecule has 1 amide bonds. The number of hydrazone groups is 1. The van der Waals surface area contributed by atoms with Crippen molar-refractivity contribution in [3.8, 4) is 5.88 Å². The van der Waals surface area contributed by atoms with Crippen LogP contribution >= 0.6 is 12.2 Å². The largest absolute Gasteiger partial charge is 0.494 e. The topological polar surface area (TPSA) is 88.6 Å². The van der Waals surface area contributed by atoms with Crippen molar-refractivity contribution in [3.05, 3.63) is 20.7 Å². The summed E-state index contributed by atoms with van der Waals surface area (Å²) in [6, 6.07) is 0. The lowest BCUT2D eigenvalue weighted by molar-refractivity contribution is -0.125. The standard InChI is InChI=1S/C17H26N4O3S/c1-4-20-15(23)13(16(24)21(5-2)17(20)25)11(3)18-19-14(22)12-9-7-6-8-10-12/h12,23H,4-10H2,1-3H3,(H,19,22)/b18-11-. The van der Waals surface area contributed by atoms with Gasteiger partial charge in [-0.1, -0.05) is 19.3 Å². The van der Waals surface area contributed by atoms with E-state index in [1.54, 1.807) is 6.92 Å². The van der Waals surface area contributed by atoms with E-state index in [1.165, 1.54) is 15.6 Å². The SMILES string of the molecule is CCn1c(O)c(/C(C)=N\NC(=O)C2CCCCC2)c(=O)n(CC)c1=S. The van der Waals surface area contributed by atoms with Crippen LogP contribution in [0.15, 0.2) is 9.90 Å². The van der Waals surface area contributed by atoms with E-state index in [0.29, 0.717) is 13.1 Å². The Labute approximate surface area is 152 Å². The maximum atomic E-state index is 12.6. The molecule has 1 heterocycles. The first-order valence-corrected chi connectivity index (χ1v) is 9.24. The number of rotatable bonds is 5. The summed E-state index contributed by atoms with van der Waals surface area (Å²) in [6.45, 7) is 6.07. The lowest BCUT2D eigenvalue weighted by Gasteiger charge is -2.19. The molecule has 2 rings (SSSR count). The Hall–Kier alpha value is -1.96. The highest BCUT2D eigenvalue weighted by Gasteiger charge is 2.22. The first-order valence-electron chi connectivity index (χ1n) is 8.83. The Morgan fingerprint density at radius 1 is 1.24 bits per heavy atom. The molecule has 1 fully saturated rings. The van der Waals surface area contributed by atoms with Crippen LogP contribution in [0.1, 0.15) is 58.4 Å². The summed E-state index contributed by atoms with van der Waals surface area (Å²) in [7, 11) is 0. The molecule has 0 radical (unpaired) electrons. The molecule has 1 aromatic rings. The Balaban J connectivity index is 2.35. The van der Waals surface area contributed by atoms with Gasteiger partial charge in [0.2, 0.25) is 11.8 Å². The summed E-state index contributed by atoms with van der Waals surface area (Å²) in [6.07, 6.45) is 5.02. The van der Waals surface area contributed by atoms with E-state index < -0.39 is 5.56 Å². The van der Waals surface area contributed by atoms with Crippen molar-refractivity contribution in [2.75, 3.05) is 0 Å². The molecule has 1 aromatic heterocycles. The van der Waals surface area contributed by atoms with Gasteiger partial charge in [0.15, 0.2) is 4.77 Å². The monoisotopic (exact) mass is 366 g/mol. The summed E-state index contributed by atoms with van der Waals surface area (Å²) in [5.74, 6) is -0.366. The van der Waals surface area contributed by atoms with Crippen LogP contribution < -0.4 is 11.0 Å². The van der Waals surface area contributed by atoms with Crippen molar-refractivity contribution in [1.82, 2.24) is 14.6 Å². The van der Waals surface area contributed by atoms with Crippen molar-refractivity contribution >= 4 is 23.8 Å². The van der Waals surface area contributed by atoms with Gasteiger partial charge in [0.1, 0.15) is 5.56 Å². The number of aromatic nitrogens is 2. The van der Waals surface area contributed by atoms with Crippen molar-refractivity contribution in [2.45, 2.75) is 66.0 Å². The minimum absolute atomic E-state index is 0.0261. The van der Waals surface area contributed by atoms with Crippen LogP contribution in [0.3, 0.4) is 0 Å². The van der Waals surface area contributed by atoms with Gasteiger partial charge < -0.3 is 5.11 Å². The molecule has 0 aromatic carbocycles. The highest BCUT2D eigenvalue weighted by Crippen LogP contribution is 2.23. The Bertz CT molecular complexity index is 788. The van der Waals surface area contributed by atoms with Crippen LogP contribution in [0.5, 0.6) is 5.88 Å². The number of hydrogen-bond acceptors (Lipinski definition) is 5. The third kappa shape index (κ3) is 4.00. The van der Waals surface area contributed by atoms with Gasteiger partial charge in [-0.15, -0.1) is 0 Å². The molecule has 2 N–H and O–H groups in total. The quantitative estimate of drug-likeness (QED) is 0.476. The lowest BCUT2D eigenvalue weighted by Crippen LogP contribution is -2.32. The van der Waals surface area contributed by atoms with Crippen LogP contribution in [-0.4, -0.2) is 25.9 Å². The molecule has 1 saturated carbocycles. The van der Waals surface area contributed by atoms with Gasteiger partial charge in [0.25, 0.3) is 5.56 Å². The predicted molar refractivity (Wildman–Crippen MR) is 99.5 cm³/mol. The zero-order chi connectivity index (χ0) is 18.6. The van der Waals surface area contributed by atoms with E-state index in [0.717, 1.165) is 25.7 Å². The van der Waals surface area contributed by atoms with E-state index in [1.807, 2.05) is 13.8 Å². The summed E-state index contributed by atoms with van der Waals surface area (Å²) < 4.78 is 3.17. The Morgan fingerprint density at radius 2 is 1.84 bits per heavy atom. The van der Waals surface area contributed by atoms with Gasteiger partial charge in [-0.2, -0.15) is 5.10 Å². The number of carbonyl (C=O) groups is 1. The molecule has 1 aliphatic rings. The molecule has 8 heteroatoms. The number of amides is 1. The number of hydrogen-bond donors (Lipinski definition) is 2. The molecule has 0 spiro atoms. The molecule has 0 unspecified atom stereocenters. The van der Waals surface area contributed by atoms with Crippen molar-refractivity contribution in [1.29, 1.82) is 0 Å². The zero-order valence-electron chi connectivity index (χ0n) is 15.0. The summed E-state index contributed by atoms with van der Waals surface area (Å²) in [5, 5.41) is 14.5. The maximum Gasteiger partial charge on any atom is 0.267 e. The summed E-state index contributed by atoms with van der Waals surface area (Å²) in [5.41, 5.74) is 2.49. The van der Waals surface area contributed by atoms with Crippen LogP contribution in [0, 0.1) is 10.7 Å². The molecular weight excluding hydrogens is 340 g/mol. The minimum Gasteiger partial charge on any atom is -0.494 e. The van der Waals surface area contributed by atoms with Gasteiger partial charge in [-0.25, -0.2) is 5.43 Å². The fourth-order valence-electron chi connectivity index (χ4n) is 3.22.